The van der Waals surface area contributed by atoms with Crippen LogP contribution in [0.4, 0.5) is 4.79 Å². The Morgan fingerprint density at radius 3 is 2.51 bits per heavy atom. The molecule has 1 saturated heterocycles. The number of nitrogens with zero attached hydrogens (tertiary/aromatic N) is 6. The minimum absolute atomic E-state index is 0.299. The molecule has 0 aromatic carbocycles. The average molecular weight is 508 g/mol. The van der Waals surface area contributed by atoms with Crippen LogP contribution in [0, 0.1) is 18.3 Å². The largest absolute Gasteiger partial charge is 0.494 e. The highest BCUT2D eigenvalue weighted by Crippen LogP contribution is 2.33. The van der Waals surface area contributed by atoms with E-state index in [1.165, 1.54) is 0 Å². The van der Waals surface area contributed by atoms with Crippen molar-refractivity contribution < 1.29 is 14.3 Å². The lowest BCUT2D eigenvalue weighted by molar-refractivity contribution is 0.0436. The number of hydrogen-bond acceptors (Lipinski definition) is 7. The number of amides is 1. The maximum atomic E-state index is 12.2. The Morgan fingerprint density at radius 2 is 1.89 bits per heavy atom. The molecule has 10 nitrogen and oxygen atoms in total. The Bertz CT molecular complexity index is 1320. The number of carbonyl (C=O) groups is 1. The number of nitrogens with one attached hydrogen (secondary N) is 1. The molecule has 198 valence electrons. The van der Waals surface area contributed by atoms with Gasteiger partial charge in [-0.3, -0.25) is 4.68 Å². The van der Waals surface area contributed by atoms with Crippen molar-refractivity contribution >= 4 is 11.6 Å². The third kappa shape index (κ3) is 5.88. The summed E-state index contributed by atoms with van der Waals surface area (Å²) in [7, 11) is 1.60. The molecule has 0 saturated carbocycles. The molecule has 10 heteroatoms. The Labute approximate surface area is 218 Å². The zero-order valence-electron chi connectivity index (χ0n) is 22.8. The van der Waals surface area contributed by atoms with E-state index in [1.54, 1.807) is 17.8 Å². The predicted octanol–water partition coefficient (Wildman–Crippen LogP) is 4.33. The molecule has 3 aromatic rings. The molecule has 4 rings (SSSR count). The van der Waals surface area contributed by atoms with E-state index >= 15 is 0 Å². The van der Waals surface area contributed by atoms with Gasteiger partial charge in [-0.15, -0.1) is 0 Å². The fourth-order valence-electron chi connectivity index (χ4n) is 5.04. The Morgan fingerprint density at radius 1 is 1.19 bits per heavy atom. The number of piperidine rings is 1. The van der Waals surface area contributed by atoms with E-state index in [0.29, 0.717) is 22.9 Å². The minimum atomic E-state index is -0.520. The fraction of sp³-hybridized carbons (Fsp3) is 0.556. The molecule has 37 heavy (non-hydrogen) atoms. The van der Waals surface area contributed by atoms with Gasteiger partial charge in [-0.2, -0.15) is 15.5 Å². The van der Waals surface area contributed by atoms with Crippen LogP contribution in [0.25, 0.3) is 16.6 Å². The molecule has 0 atom stereocenters. The second-order valence-electron chi connectivity index (χ2n) is 11.4. The normalized spacial score (nSPS) is 15.5. The van der Waals surface area contributed by atoms with Crippen LogP contribution in [0.1, 0.15) is 64.8 Å². The molecular weight excluding hydrogens is 470 g/mol. The second kappa shape index (κ2) is 10.1. The van der Waals surface area contributed by atoms with Crippen molar-refractivity contribution in [2.24, 2.45) is 0 Å². The number of alkyl carbamates (subject to hydrolysis) is 1. The van der Waals surface area contributed by atoms with Crippen LogP contribution in [0.2, 0.25) is 0 Å². The summed E-state index contributed by atoms with van der Waals surface area (Å²) in [4.78, 5) is 14.6. The highest BCUT2D eigenvalue weighted by molar-refractivity contribution is 5.76. The summed E-state index contributed by atoms with van der Waals surface area (Å²) in [6.45, 7) is 14.3. The highest BCUT2D eigenvalue weighted by Gasteiger charge is 2.30. The number of pyridine rings is 1. The molecule has 1 aliphatic rings. The second-order valence-corrected chi connectivity index (χ2v) is 11.4. The van der Waals surface area contributed by atoms with Crippen LogP contribution in [0.5, 0.6) is 5.75 Å². The molecule has 3 aromatic heterocycles. The molecule has 1 fully saturated rings. The zero-order valence-corrected chi connectivity index (χ0v) is 22.8. The minimum Gasteiger partial charge on any atom is -0.494 e. The predicted molar refractivity (Wildman–Crippen MR) is 141 cm³/mol. The van der Waals surface area contributed by atoms with Crippen LogP contribution in [0.15, 0.2) is 24.7 Å². The molecule has 0 spiro atoms. The summed E-state index contributed by atoms with van der Waals surface area (Å²) in [6.07, 6.45) is 6.91. The van der Waals surface area contributed by atoms with Gasteiger partial charge in [-0.25, -0.2) is 9.31 Å². The van der Waals surface area contributed by atoms with E-state index in [0.717, 1.165) is 49.3 Å². The molecule has 1 N–H and O–H groups in total. The lowest BCUT2D eigenvalue weighted by atomic mass is 10.00. The third-order valence-corrected chi connectivity index (χ3v) is 6.63. The monoisotopic (exact) mass is 507 g/mol. The molecule has 0 aliphatic carbocycles. The lowest BCUT2D eigenvalue weighted by Crippen LogP contribution is -2.53. The van der Waals surface area contributed by atoms with E-state index in [9.17, 15) is 10.1 Å². The number of carbonyl (C=O) groups excluding carboxylic acids is 1. The van der Waals surface area contributed by atoms with Gasteiger partial charge in [-0.05, 0) is 60.5 Å². The zero-order chi connectivity index (χ0) is 27.0. The van der Waals surface area contributed by atoms with Gasteiger partial charge in [0.25, 0.3) is 0 Å². The van der Waals surface area contributed by atoms with Crippen molar-refractivity contribution in [3.63, 3.8) is 0 Å². The van der Waals surface area contributed by atoms with Crippen LogP contribution in [-0.2, 0) is 4.74 Å². The van der Waals surface area contributed by atoms with Gasteiger partial charge in [0.15, 0.2) is 0 Å². The Kier molecular flexibility index (Phi) is 7.20. The number of likely N-dealkylation sites (tertiary alicyclic amines) is 1. The molecular formula is C27H37N7O3. The van der Waals surface area contributed by atoms with E-state index in [2.05, 4.69) is 33.0 Å². The van der Waals surface area contributed by atoms with Crippen molar-refractivity contribution in [2.75, 3.05) is 26.7 Å². The summed E-state index contributed by atoms with van der Waals surface area (Å²) in [5.41, 5.74) is 3.25. The summed E-state index contributed by atoms with van der Waals surface area (Å²) in [6, 6.07) is 4.40. The van der Waals surface area contributed by atoms with Crippen LogP contribution < -0.4 is 10.1 Å². The standard InChI is InChI=1S/C27H37N7O3/c1-18-22(19-12-23(36-7)24-20(13-28)14-29-33(24)16-19)15-30-34(18)21-8-10-32(11-9-21)17-27(5,6)31-25(35)37-26(2,3)4/h12,14-16,21H,8-11,17H2,1-7H3,(H,31,35). The quantitative estimate of drug-likeness (QED) is 0.529. The maximum absolute atomic E-state index is 12.2. The topological polar surface area (TPSA) is 110 Å². The number of methoxy groups -OCH3 is 1. The van der Waals surface area contributed by atoms with Gasteiger partial charge in [0.1, 0.15) is 28.5 Å². The number of rotatable bonds is 6. The Balaban J connectivity index is 1.43. The van der Waals surface area contributed by atoms with Gasteiger partial charge < -0.3 is 19.7 Å². The van der Waals surface area contributed by atoms with Gasteiger partial charge in [0.2, 0.25) is 0 Å². The van der Waals surface area contributed by atoms with Crippen molar-refractivity contribution in [1.29, 1.82) is 5.26 Å². The molecule has 0 bridgehead atoms. The van der Waals surface area contributed by atoms with Crippen LogP contribution in [-0.4, -0.2) is 68.3 Å². The number of nitriles is 1. The summed E-state index contributed by atoms with van der Waals surface area (Å²) >= 11 is 0. The van der Waals surface area contributed by atoms with E-state index < -0.39 is 11.1 Å². The molecule has 1 aliphatic heterocycles. The van der Waals surface area contributed by atoms with E-state index in [4.69, 9.17) is 14.6 Å². The fourth-order valence-corrected chi connectivity index (χ4v) is 5.04. The van der Waals surface area contributed by atoms with Crippen molar-refractivity contribution in [1.82, 2.24) is 29.6 Å². The number of ether oxygens (including phenoxy) is 2. The molecule has 1 amide bonds. The number of hydrogen-bond donors (Lipinski definition) is 1. The van der Waals surface area contributed by atoms with E-state index in [-0.39, 0.29) is 6.09 Å². The first kappa shape index (κ1) is 26.5. The van der Waals surface area contributed by atoms with Gasteiger partial charge >= 0.3 is 6.09 Å². The van der Waals surface area contributed by atoms with E-state index in [1.807, 2.05) is 53.1 Å². The number of aromatic nitrogens is 4. The summed E-state index contributed by atoms with van der Waals surface area (Å²) in [5.74, 6) is 0.606. The average Bonchev–Trinajstić information content (AvgIpc) is 3.40. The third-order valence-electron chi connectivity index (χ3n) is 6.63. The van der Waals surface area contributed by atoms with Crippen molar-refractivity contribution in [3.05, 3.63) is 35.9 Å². The lowest BCUT2D eigenvalue weighted by Gasteiger charge is -2.38. The first-order valence-electron chi connectivity index (χ1n) is 12.6. The Hall–Kier alpha value is -3.58. The summed E-state index contributed by atoms with van der Waals surface area (Å²) < 4.78 is 14.8. The van der Waals surface area contributed by atoms with Crippen molar-refractivity contribution in [3.8, 4) is 22.9 Å². The highest BCUT2D eigenvalue weighted by atomic mass is 16.6. The smallest absolute Gasteiger partial charge is 0.408 e. The first-order valence-corrected chi connectivity index (χ1v) is 12.6. The SMILES string of the molecule is COc1cc(-c2cnn(C3CCN(CC(C)(C)NC(=O)OC(C)(C)C)CC3)c2C)cn2ncc(C#N)c12. The summed E-state index contributed by atoms with van der Waals surface area (Å²) in [5, 5.41) is 21.5. The van der Waals surface area contributed by atoms with Crippen molar-refractivity contribution in [2.45, 2.75) is 71.6 Å². The first-order chi connectivity index (χ1) is 17.4. The molecule has 0 unspecified atom stereocenters. The molecule has 0 radical (unpaired) electrons. The maximum Gasteiger partial charge on any atom is 0.408 e. The van der Waals surface area contributed by atoms with Gasteiger partial charge in [-0.1, -0.05) is 0 Å². The van der Waals surface area contributed by atoms with Gasteiger partial charge in [0, 0.05) is 42.7 Å². The molecule has 4 heterocycles. The van der Waals surface area contributed by atoms with Crippen LogP contribution in [0.3, 0.4) is 0 Å². The number of fused-ring (bicyclic) bond motifs is 1. The van der Waals surface area contributed by atoms with Gasteiger partial charge in [0.05, 0.1) is 31.1 Å². The van der Waals surface area contributed by atoms with Crippen LogP contribution >= 0.6 is 0 Å².